The van der Waals surface area contributed by atoms with Gasteiger partial charge in [0.1, 0.15) is 5.75 Å². The molecule has 0 aliphatic heterocycles. The smallest absolute Gasteiger partial charge is 0.185 e. The van der Waals surface area contributed by atoms with Crippen LogP contribution in [-0.4, -0.2) is 12.9 Å². The van der Waals surface area contributed by atoms with Crippen molar-refractivity contribution in [2.75, 3.05) is 7.11 Å². The summed E-state index contributed by atoms with van der Waals surface area (Å²) in [4.78, 5) is 11.9. The summed E-state index contributed by atoms with van der Waals surface area (Å²) in [5.74, 6) is 0.691. The second kappa shape index (κ2) is 7.46. The number of rotatable bonds is 5. The molecule has 0 saturated carbocycles. The molecular weight excluding hydrogens is 284 g/mol. The Morgan fingerprint density at radius 1 is 1.00 bits per heavy atom. The zero-order chi connectivity index (χ0) is 15.1. The Bertz CT molecular complexity index is 653. The van der Waals surface area contributed by atoms with Crippen molar-refractivity contribution in [2.24, 2.45) is 0 Å². The number of hydrogen-bond donors (Lipinski definition) is 0. The van der Waals surface area contributed by atoms with E-state index in [0.717, 1.165) is 11.3 Å². The fraction of sp³-hybridized carbons (Fsp3) is 0.0556. The second-order valence-electron chi connectivity index (χ2n) is 4.36. The molecule has 21 heavy (non-hydrogen) atoms. The van der Waals surface area contributed by atoms with Gasteiger partial charge in [0.15, 0.2) is 5.78 Å². The first-order chi connectivity index (χ1) is 10.2. The molecule has 0 unspecified atom stereocenters. The number of carbonyl (C=O) groups is 1. The summed E-state index contributed by atoms with van der Waals surface area (Å²) >= 11 is 5.81. The van der Waals surface area contributed by atoms with Crippen molar-refractivity contribution in [3.05, 3.63) is 82.9 Å². The number of benzene rings is 2. The van der Waals surface area contributed by atoms with Gasteiger partial charge in [0, 0.05) is 10.6 Å². The summed E-state index contributed by atoms with van der Waals surface area (Å²) in [6.45, 7) is 0. The van der Waals surface area contributed by atoms with Gasteiger partial charge in [-0.05, 0) is 48.0 Å². The fourth-order valence-corrected chi connectivity index (χ4v) is 1.86. The number of allylic oxidation sites excluding steroid dienone is 3. The second-order valence-corrected chi connectivity index (χ2v) is 4.80. The third-order valence-electron chi connectivity index (χ3n) is 2.89. The lowest BCUT2D eigenvalue weighted by molar-refractivity contribution is 0.104. The van der Waals surface area contributed by atoms with Crippen LogP contribution >= 0.6 is 11.6 Å². The quantitative estimate of drug-likeness (QED) is 0.450. The van der Waals surface area contributed by atoms with E-state index in [2.05, 4.69) is 0 Å². The average Bonchev–Trinajstić information content (AvgIpc) is 2.53. The van der Waals surface area contributed by atoms with Crippen LogP contribution in [0.2, 0.25) is 5.02 Å². The van der Waals surface area contributed by atoms with E-state index < -0.39 is 0 Å². The van der Waals surface area contributed by atoms with E-state index in [9.17, 15) is 4.79 Å². The number of methoxy groups -OCH3 is 1. The summed E-state index contributed by atoms with van der Waals surface area (Å²) in [6.07, 6.45) is 6.99. The molecule has 0 radical (unpaired) electrons. The Balaban J connectivity index is 1.96. The first-order valence-corrected chi connectivity index (χ1v) is 6.85. The molecule has 2 aromatic rings. The largest absolute Gasteiger partial charge is 0.497 e. The van der Waals surface area contributed by atoms with Crippen molar-refractivity contribution in [2.45, 2.75) is 0 Å². The SMILES string of the molecule is COc1ccc(C(=O)/C=C/C=C/c2ccc(Cl)cc2)cc1. The van der Waals surface area contributed by atoms with Crippen LogP contribution in [0.5, 0.6) is 5.75 Å². The van der Waals surface area contributed by atoms with Crippen LogP contribution in [0.1, 0.15) is 15.9 Å². The molecule has 0 spiro atoms. The first kappa shape index (κ1) is 15.1. The van der Waals surface area contributed by atoms with Gasteiger partial charge >= 0.3 is 0 Å². The molecule has 0 atom stereocenters. The van der Waals surface area contributed by atoms with E-state index >= 15 is 0 Å². The minimum atomic E-state index is -0.0431. The molecule has 106 valence electrons. The van der Waals surface area contributed by atoms with E-state index in [0.29, 0.717) is 10.6 Å². The normalized spacial score (nSPS) is 11.1. The number of ketones is 1. The Morgan fingerprint density at radius 3 is 2.29 bits per heavy atom. The van der Waals surface area contributed by atoms with Gasteiger partial charge in [0.25, 0.3) is 0 Å². The summed E-state index contributed by atoms with van der Waals surface area (Å²) in [6, 6.07) is 14.5. The van der Waals surface area contributed by atoms with E-state index in [1.807, 2.05) is 36.4 Å². The van der Waals surface area contributed by atoms with Gasteiger partial charge in [-0.3, -0.25) is 4.79 Å². The summed E-state index contributed by atoms with van der Waals surface area (Å²) < 4.78 is 5.05. The van der Waals surface area contributed by atoms with Gasteiger partial charge in [-0.15, -0.1) is 0 Å². The monoisotopic (exact) mass is 298 g/mol. The van der Waals surface area contributed by atoms with E-state index in [1.165, 1.54) is 6.08 Å². The molecule has 2 rings (SSSR count). The highest BCUT2D eigenvalue weighted by Gasteiger charge is 2.00. The van der Waals surface area contributed by atoms with Crippen molar-refractivity contribution >= 4 is 23.5 Å². The third-order valence-corrected chi connectivity index (χ3v) is 3.14. The topological polar surface area (TPSA) is 26.3 Å². The number of halogens is 1. The third kappa shape index (κ3) is 4.62. The van der Waals surface area contributed by atoms with E-state index in [-0.39, 0.29) is 5.78 Å². The van der Waals surface area contributed by atoms with Crippen LogP contribution in [0.25, 0.3) is 6.08 Å². The van der Waals surface area contributed by atoms with E-state index in [1.54, 1.807) is 37.5 Å². The molecule has 0 aromatic heterocycles. The summed E-state index contributed by atoms with van der Waals surface area (Å²) in [5, 5.41) is 0.706. The van der Waals surface area contributed by atoms with Gasteiger partial charge in [0.2, 0.25) is 0 Å². The van der Waals surface area contributed by atoms with Crippen molar-refractivity contribution in [3.8, 4) is 5.75 Å². The average molecular weight is 299 g/mol. The van der Waals surface area contributed by atoms with Crippen molar-refractivity contribution in [3.63, 3.8) is 0 Å². The van der Waals surface area contributed by atoms with Gasteiger partial charge in [-0.25, -0.2) is 0 Å². The lowest BCUT2D eigenvalue weighted by Crippen LogP contribution is -1.93. The maximum absolute atomic E-state index is 11.9. The molecule has 0 aliphatic carbocycles. The van der Waals surface area contributed by atoms with Crippen LogP contribution in [0.4, 0.5) is 0 Å². The predicted molar refractivity (Wildman–Crippen MR) is 87.0 cm³/mol. The summed E-state index contributed by atoms with van der Waals surface area (Å²) in [7, 11) is 1.60. The summed E-state index contributed by atoms with van der Waals surface area (Å²) in [5.41, 5.74) is 1.66. The lowest BCUT2D eigenvalue weighted by Gasteiger charge is -1.99. The highest BCUT2D eigenvalue weighted by atomic mass is 35.5. The standard InChI is InChI=1S/C18H15ClO2/c1-21-17-12-8-15(9-13-17)18(20)5-3-2-4-14-6-10-16(19)11-7-14/h2-13H,1H3/b4-2+,5-3+. The minimum Gasteiger partial charge on any atom is -0.497 e. The van der Waals surface area contributed by atoms with Crippen molar-refractivity contribution in [1.82, 2.24) is 0 Å². The van der Waals surface area contributed by atoms with Crippen LogP contribution in [0, 0.1) is 0 Å². The van der Waals surface area contributed by atoms with Gasteiger partial charge < -0.3 is 4.74 Å². The lowest BCUT2D eigenvalue weighted by atomic mass is 10.1. The predicted octanol–water partition coefficient (Wildman–Crippen LogP) is 4.80. The van der Waals surface area contributed by atoms with E-state index in [4.69, 9.17) is 16.3 Å². The van der Waals surface area contributed by atoms with Gasteiger partial charge in [-0.1, -0.05) is 42.0 Å². The zero-order valence-electron chi connectivity index (χ0n) is 11.6. The molecule has 3 heteroatoms. The van der Waals surface area contributed by atoms with Crippen molar-refractivity contribution in [1.29, 1.82) is 0 Å². The number of hydrogen-bond acceptors (Lipinski definition) is 2. The molecule has 0 heterocycles. The van der Waals surface area contributed by atoms with Crippen LogP contribution in [0.15, 0.2) is 66.8 Å². The molecule has 2 nitrogen and oxygen atoms in total. The van der Waals surface area contributed by atoms with Crippen molar-refractivity contribution < 1.29 is 9.53 Å². The molecule has 2 aromatic carbocycles. The number of carbonyl (C=O) groups excluding carboxylic acids is 1. The van der Waals surface area contributed by atoms with Crippen LogP contribution in [-0.2, 0) is 0 Å². The fourth-order valence-electron chi connectivity index (χ4n) is 1.74. The Kier molecular flexibility index (Phi) is 5.35. The van der Waals surface area contributed by atoms with Gasteiger partial charge in [-0.2, -0.15) is 0 Å². The Labute approximate surface area is 129 Å². The molecule has 0 amide bonds. The first-order valence-electron chi connectivity index (χ1n) is 6.48. The molecule has 0 aliphatic rings. The highest BCUT2D eigenvalue weighted by Crippen LogP contribution is 2.12. The van der Waals surface area contributed by atoms with Gasteiger partial charge in [0.05, 0.1) is 7.11 Å². The number of ether oxygens (including phenoxy) is 1. The minimum absolute atomic E-state index is 0.0431. The highest BCUT2D eigenvalue weighted by molar-refractivity contribution is 6.30. The van der Waals surface area contributed by atoms with Crippen LogP contribution in [0.3, 0.4) is 0 Å². The molecular formula is C18H15ClO2. The molecule has 0 fully saturated rings. The zero-order valence-corrected chi connectivity index (χ0v) is 12.4. The molecule has 0 N–H and O–H groups in total. The Morgan fingerprint density at radius 2 is 1.67 bits per heavy atom. The Hall–Kier alpha value is -2.32. The maximum atomic E-state index is 11.9. The molecule has 0 saturated heterocycles. The molecule has 0 bridgehead atoms. The maximum Gasteiger partial charge on any atom is 0.185 e. The van der Waals surface area contributed by atoms with Crippen LogP contribution < -0.4 is 4.74 Å².